The Morgan fingerprint density at radius 3 is 2.76 bits per heavy atom. The predicted molar refractivity (Wildman–Crippen MR) is 121 cm³/mol. The van der Waals surface area contributed by atoms with E-state index in [9.17, 15) is 9.18 Å². The fourth-order valence-corrected chi connectivity index (χ4v) is 3.56. The Balaban J connectivity index is 1.61. The van der Waals surface area contributed by atoms with Crippen LogP contribution < -0.4 is 10.1 Å². The van der Waals surface area contributed by atoms with Gasteiger partial charge in [-0.25, -0.2) is 4.39 Å². The molecule has 0 spiro atoms. The summed E-state index contributed by atoms with van der Waals surface area (Å²) in [6, 6.07) is 9.33. The second kappa shape index (κ2) is 9.21. The number of benzene rings is 2. The van der Waals surface area contributed by atoms with Crippen molar-refractivity contribution >= 4 is 28.5 Å². The highest BCUT2D eigenvalue weighted by atomic mass is 35.5. The van der Waals surface area contributed by atoms with E-state index in [2.05, 4.69) is 15.5 Å². The van der Waals surface area contributed by atoms with E-state index in [1.807, 2.05) is 32.0 Å². The van der Waals surface area contributed by atoms with Crippen LogP contribution in [0.4, 0.5) is 4.39 Å². The molecule has 0 fully saturated rings. The standard InChI is InChI=1S/C23H22ClFN4O4/c1-12(2)32-15-5-6-16(19(25)9-15)21-27-23(28-33-21)29-11-18(24)17-8-14(4-7-20(17)29)10-26-13(3)22(30)31/h4-9,11-13,26H,10H2,1-3H3,(H,30,31). The van der Waals surface area contributed by atoms with Crippen LogP contribution in [0.25, 0.3) is 28.3 Å². The summed E-state index contributed by atoms with van der Waals surface area (Å²) in [6.45, 7) is 5.66. The second-order valence-electron chi connectivity index (χ2n) is 7.85. The minimum Gasteiger partial charge on any atom is -0.491 e. The quantitative estimate of drug-likeness (QED) is 0.379. The Hall–Kier alpha value is -3.43. The van der Waals surface area contributed by atoms with E-state index in [1.165, 1.54) is 12.1 Å². The van der Waals surface area contributed by atoms with Gasteiger partial charge in [0.2, 0.25) is 0 Å². The van der Waals surface area contributed by atoms with Crippen LogP contribution >= 0.6 is 11.6 Å². The lowest BCUT2D eigenvalue weighted by atomic mass is 10.1. The number of hydrogen-bond acceptors (Lipinski definition) is 6. The summed E-state index contributed by atoms with van der Waals surface area (Å²) in [5.41, 5.74) is 1.76. The molecule has 2 N–H and O–H groups in total. The van der Waals surface area contributed by atoms with Crippen molar-refractivity contribution in [3.8, 4) is 23.2 Å². The van der Waals surface area contributed by atoms with E-state index in [0.29, 0.717) is 17.3 Å². The second-order valence-corrected chi connectivity index (χ2v) is 8.25. The van der Waals surface area contributed by atoms with Crippen LogP contribution in [0.3, 0.4) is 0 Å². The summed E-state index contributed by atoms with van der Waals surface area (Å²) < 4.78 is 27.1. The van der Waals surface area contributed by atoms with Gasteiger partial charge in [0.05, 0.1) is 22.2 Å². The molecular weight excluding hydrogens is 451 g/mol. The van der Waals surface area contributed by atoms with E-state index in [-0.39, 0.29) is 23.5 Å². The number of carboxylic acid groups (broad SMARTS) is 1. The number of nitrogens with zero attached hydrogens (tertiary/aromatic N) is 3. The van der Waals surface area contributed by atoms with Crippen molar-refractivity contribution in [1.82, 2.24) is 20.0 Å². The summed E-state index contributed by atoms with van der Waals surface area (Å²) in [4.78, 5) is 15.3. The summed E-state index contributed by atoms with van der Waals surface area (Å²) in [7, 11) is 0. The van der Waals surface area contributed by atoms with E-state index < -0.39 is 17.8 Å². The zero-order valence-electron chi connectivity index (χ0n) is 18.2. The number of rotatable bonds is 8. The lowest BCUT2D eigenvalue weighted by molar-refractivity contribution is -0.139. The lowest BCUT2D eigenvalue weighted by Gasteiger charge is -2.09. The Morgan fingerprint density at radius 1 is 1.27 bits per heavy atom. The first kappa shape index (κ1) is 22.8. The number of halogens is 2. The smallest absolute Gasteiger partial charge is 0.320 e. The van der Waals surface area contributed by atoms with Crippen molar-refractivity contribution in [3.05, 3.63) is 59.0 Å². The Kier molecular flexibility index (Phi) is 6.35. The topological polar surface area (TPSA) is 102 Å². The van der Waals surface area contributed by atoms with Crippen LogP contribution in [0.5, 0.6) is 5.75 Å². The number of fused-ring (bicyclic) bond motifs is 1. The first-order valence-electron chi connectivity index (χ1n) is 10.3. The minimum atomic E-state index is -0.924. The van der Waals surface area contributed by atoms with Gasteiger partial charge < -0.3 is 19.7 Å². The Bertz CT molecular complexity index is 1320. The molecule has 0 saturated carbocycles. The fraction of sp³-hybridized carbons (Fsp3) is 0.261. The Morgan fingerprint density at radius 2 is 2.06 bits per heavy atom. The van der Waals surface area contributed by atoms with Crippen LogP contribution in [0.1, 0.15) is 26.3 Å². The highest BCUT2D eigenvalue weighted by Gasteiger charge is 2.18. The summed E-state index contributed by atoms with van der Waals surface area (Å²) >= 11 is 6.43. The van der Waals surface area contributed by atoms with Crippen molar-refractivity contribution in [2.24, 2.45) is 0 Å². The number of carbonyl (C=O) groups is 1. The molecule has 4 rings (SSSR count). The molecule has 2 aromatic carbocycles. The molecule has 0 aliphatic heterocycles. The molecule has 0 aliphatic rings. The van der Waals surface area contributed by atoms with E-state index in [4.69, 9.17) is 26.0 Å². The maximum Gasteiger partial charge on any atom is 0.320 e. The third-order valence-electron chi connectivity index (χ3n) is 4.98. The van der Waals surface area contributed by atoms with Crippen molar-refractivity contribution in [2.45, 2.75) is 39.5 Å². The van der Waals surface area contributed by atoms with E-state index >= 15 is 0 Å². The molecule has 0 amide bonds. The summed E-state index contributed by atoms with van der Waals surface area (Å²) in [6.07, 6.45) is 1.57. The number of nitrogens with one attached hydrogen (secondary N) is 1. The third-order valence-corrected chi connectivity index (χ3v) is 5.28. The van der Waals surface area contributed by atoms with Crippen LogP contribution in [-0.4, -0.2) is 37.9 Å². The molecule has 1 unspecified atom stereocenters. The molecule has 172 valence electrons. The van der Waals surface area contributed by atoms with E-state index in [0.717, 1.165) is 16.5 Å². The molecule has 0 saturated heterocycles. The minimum absolute atomic E-state index is 0.0278. The van der Waals surface area contributed by atoms with E-state index in [1.54, 1.807) is 23.8 Å². The zero-order chi connectivity index (χ0) is 23.7. The molecule has 8 nitrogen and oxygen atoms in total. The first-order chi connectivity index (χ1) is 15.7. The molecule has 0 bridgehead atoms. The molecule has 0 aliphatic carbocycles. The van der Waals surface area contributed by atoms with Gasteiger partial charge in [-0.2, -0.15) is 4.98 Å². The highest BCUT2D eigenvalue weighted by Crippen LogP contribution is 2.30. The normalized spacial score (nSPS) is 12.4. The highest BCUT2D eigenvalue weighted by molar-refractivity contribution is 6.35. The molecule has 2 heterocycles. The van der Waals surface area contributed by atoms with Crippen LogP contribution in [0.2, 0.25) is 5.02 Å². The van der Waals surface area contributed by atoms with Crippen LogP contribution in [-0.2, 0) is 11.3 Å². The van der Waals surface area contributed by atoms with Crippen LogP contribution in [0.15, 0.2) is 47.1 Å². The SMILES string of the molecule is CC(C)Oc1ccc(-c2nc(-n3cc(Cl)c4cc(CNC(C)C(=O)O)ccc43)no2)c(F)c1. The van der Waals surface area contributed by atoms with Crippen molar-refractivity contribution in [2.75, 3.05) is 0 Å². The molecule has 0 radical (unpaired) electrons. The first-order valence-corrected chi connectivity index (χ1v) is 10.7. The largest absolute Gasteiger partial charge is 0.491 e. The van der Waals surface area contributed by atoms with Gasteiger partial charge in [0.15, 0.2) is 0 Å². The summed E-state index contributed by atoms with van der Waals surface area (Å²) in [5, 5.41) is 17.1. The molecular formula is C23H22ClFN4O4. The van der Waals surface area contributed by atoms with Crippen LogP contribution in [0, 0.1) is 5.82 Å². The average molecular weight is 473 g/mol. The number of aromatic nitrogens is 3. The monoisotopic (exact) mass is 472 g/mol. The maximum atomic E-state index is 14.6. The number of carboxylic acids is 1. The lowest BCUT2D eigenvalue weighted by Crippen LogP contribution is -2.33. The maximum absolute atomic E-state index is 14.6. The Labute approximate surface area is 193 Å². The average Bonchev–Trinajstić information content (AvgIpc) is 3.36. The van der Waals surface area contributed by atoms with Gasteiger partial charge in [0.25, 0.3) is 11.8 Å². The van der Waals surface area contributed by atoms with Gasteiger partial charge in [-0.3, -0.25) is 9.36 Å². The molecule has 2 aromatic heterocycles. The number of hydrogen-bond donors (Lipinski definition) is 2. The molecule has 33 heavy (non-hydrogen) atoms. The zero-order valence-corrected chi connectivity index (χ0v) is 18.9. The van der Waals surface area contributed by atoms with Gasteiger partial charge in [-0.1, -0.05) is 17.7 Å². The van der Waals surface area contributed by atoms with Gasteiger partial charge >= 0.3 is 5.97 Å². The third kappa shape index (κ3) is 4.84. The molecule has 1 atom stereocenters. The number of aliphatic carboxylic acids is 1. The number of ether oxygens (including phenoxy) is 1. The molecule has 10 heteroatoms. The predicted octanol–water partition coefficient (Wildman–Crippen LogP) is 4.82. The van der Waals surface area contributed by atoms with Crippen molar-refractivity contribution < 1.29 is 23.6 Å². The fourth-order valence-electron chi connectivity index (χ4n) is 3.31. The van der Waals surface area contributed by atoms with Crippen molar-refractivity contribution in [3.63, 3.8) is 0 Å². The molecule has 4 aromatic rings. The van der Waals surface area contributed by atoms with Crippen molar-refractivity contribution in [1.29, 1.82) is 0 Å². The summed E-state index contributed by atoms with van der Waals surface area (Å²) in [5.74, 6) is -0.815. The van der Waals surface area contributed by atoms with Gasteiger partial charge in [-0.05, 0) is 55.8 Å². The van der Waals surface area contributed by atoms with Gasteiger partial charge in [0.1, 0.15) is 17.6 Å². The van der Waals surface area contributed by atoms with Gasteiger partial charge in [0, 0.05) is 24.2 Å². The van der Waals surface area contributed by atoms with Gasteiger partial charge in [-0.15, -0.1) is 0 Å².